The Hall–Kier alpha value is -3.26. The summed E-state index contributed by atoms with van der Waals surface area (Å²) < 4.78 is 19.7. The topological polar surface area (TPSA) is 90.3 Å². The van der Waals surface area contributed by atoms with Crippen LogP contribution in [0.5, 0.6) is 0 Å². The Morgan fingerprint density at radius 1 is 1.23 bits per heavy atom. The van der Waals surface area contributed by atoms with Gasteiger partial charge in [0.25, 0.3) is 11.5 Å². The van der Waals surface area contributed by atoms with Gasteiger partial charge in [0.15, 0.2) is 6.61 Å². The highest BCUT2D eigenvalue weighted by Crippen LogP contribution is 2.35. The number of ether oxygens (including phenoxy) is 1. The summed E-state index contributed by atoms with van der Waals surface area (Å²) >= 11 is 5.86. The van der Waals surface area contributed by atoms with Crippen molar-refractivity contribution in [2.75, 3.05) is 11.9 Å². The molecule has 0 unspecified atom stereocenters. The molecule has 1 amide bonds. The van der Waals surface area contributed by atoms with Crippen LogP contribution in [0.1, 0.15) is 31.1 Å². The van der Waals surface area contributed by atoms with Crippen LogP contribution in [-0.4, -0.2) is 28.0 Å². The van der Waals surface area contributed by atoms with Gasteiger partial charge >= 0.3 is 5.97 Å². The fourth-order valence-electron chi connectivity index (χ4n) is 3.29. The second-order valence-corrected chi connectivity index (χ2v) is 7.69. The van der Waals surface area contributed by atoms with Gasteiger partial charge in [-0.15, -0.1) is 0 Å². The van der Waals surface area contributed by atoms with E-state index in [0.717, 1.165) is 25.0 Å². The predicted octanol–water partition coefficient (Wildman–Crippen LogP) is 3.64. The highest BCUT2D eigenvalue weighted by Gasteiger charge is 2.28. The van der Waals surface area contributed by atoms with E-state index in [-0.39, 0.29) is 35.2 Å². The van der Waals surface area contributed by atoms with E-state index < -0.39 is 24.3 Å². The SMILES string of the molecule is O=C(COC(=O)CCc1nc2ccccc2c(=O)n1C1CC1)Nc1ccc(F)cc1Cl. The van der Waals surface area contributed by atoms with E-state index in [1.165, 1.54) is 6.07 Å². The maximum atomic E-state index is 13.1. The van der Waals surface area contributed by atoms with Gasteiger partial charge in [-0.1, -0.05) is 23.7 Å². The van der Waals surface area contributed by atoms with Gasteiger partial charge in [-0.05, 0) is 43.2 Å². The molecule has 1 heterocycles. The van der Waals surface area contributed by atoms with Gasteiger partial charge in [0, 0.05) is 12.5 Å². The second-order valence-electron chi connectivity index (χ2n) is 7.28. The lowest BCUT2D eigenvalue weighted by Crippen LogP contribution is -2.26. The highest BCUT2D eigenvalue weighted by molar-refractivity contribution is 6.33. The van der Waals surface area contributed by atoms with E-state index in [0.29, 0.717) is 16.7 Å². The smallest absolute Gasteiger partial charge is 0.306 e. The molecular formula is C22H19ClFN3O4. The van der Waals surface area contributed by atoms with Crippen LogP contribution < -0.4 is 10.9 Å². The molecule has 0 radical (unpaired) electrons. The molecule has 31 heavy (non-hydrogen) atoms. The molecule has 3 aromatic rings. The predicted molar refractivity (Wildman–Crippen MR) is 114 cm³/mol. The number of hydrogen-bond acceptors (Lipinski definition) is 5. The molecule has 0 saturated heterocycles. The number of para-hydroxylation sites is 1. The minimum atomic E-state index is -0.597. The third-order valence-electron chi connectivity index (χ3n) is 4.92. The maximum Gasteiger partial charge on any atom is 0.306 e. The Labute approximate surface area is 181 Å². The number of aryl methyl sites for hydroxylation is 1. The van der Waals surface area contributed by atoms with E-state index in [2.05, 4.69) is 10.3 Å². The molecule has 1 aromatic heterocycles. The van der Waals surface area contributed by atoms with Crippen LogP contribution in [0.25, 0.3) is 10.9 Å². The van der Waals surface area contributed by atoms with Gasteiger partial charge < -0.3 is 10.1 Å². The van der Waals surface area contributed by atoms with Crippen LogP contribution in [0.3, 0.4) is 0 Å². The summed E-state index contributed by atoms with van der Waals surface area (Å²) in [5, 5.41) is 3.05. The first kappa shape index (κ1) is 21.0. The van der Waals surface area contributed by atoms with E-state index in [9.17, 15) is 18.8 Å². The number of carbonyl (C=O) groups is 2. The van der Waals surface area contributed by atoms with Crippen molar-refractivity contribution in [2.24, 2.45) is 0 Å². The van der Waals surface area contributed by atoms with E-state index >= 15 is 0 Å². The molecule has 9 heteroatoms. The Morgan fingerprint density at radius 3 is 2.74 bits per heavy atom. The fraction of sp³-hybridized carbons (Fsp3) is 0.273. The minimum absolute atomic E-state index is 0.0257. The molecule has 1 aliphatic rings. The number of halogens is 2. The minimum Gasteiger partial charge on any atom is -0.456 e. The average molecular weight is 444 g/mol. The third-order valence-corrected chi connectivity index (χ3v) is 5.23. The number of nitrogens with one attached hydrogen (secondary N) is 1. The number of rotatable bonds is 7. The molecular weight excluding hydrogens is 425 g/mol. The lowest BCUT2D eigenvalue weighted by atomic mass is 10.2. The number of hydrogen-bond donors (Lipinski definition) is 1. The van der Waals surface area contributed by atoms with E-state index in [1.54, 1.807) is 28.8 Å². The zero-order valence-electron chi connectivity index (χ0n) is 16.4. The van der Waals surface area contributed by atoms with Gasteiger partial charge in [0.05, 0.1) is 28.0 Å². The van der Waals surface area contributed by atoms with Gasteiger partial charge in [0.2, 0.25) is 0 Å². The quantitative estimate of drug-likeness (QED) is 0.563. The van der Waals surface area contributed by atoms with Crippen LogP contribution in [0.2, 0.25) is 5.02 Å². The normalized spacial score (nSPS) is 13.2. The van der Waals surface area contributed by atoms with Crippen molar-refractivity contribution in [3.63, 3.8) is 0 Å². The number of aromatic nitrogens is 2. The molecule has 0 spiro atoms. The van der Waals surface area contributed by atoms with Crippen molar-refractivity contribution >= 4 is 40.1 Å². The van der Waals surface area contributed by atoms with Crippen LogP contribution >= 0.6 is 11.6 Å². The molecule has 4 rings (SSSR count). The summed E-state index contributed by atoms with van der Waals surface area (Å²) in [5.41, 5.74) is 0.702. The molecule has 0 bridgehead atoms. The zero-order chi connectivity index (χ0) is 22.0. The summed E-state index contributed by atoms with van der Waals surface area (Å²) in [7, 11) is 0. The lowest BCUT2D eigenvalue weighted by Gasteiger charge is -2.13. The van der Waals surface area contributed by atoms with E-state index in [1.807, 2.05) is 0 Å². The first-order chi connectivity index (χ1) is 14.9. The number of anilines is 1. The Balaban J connectivity index is 1.37. The largest absolute Gasteiger partial charge is 0.456 e. The molecule has 1 saturated carbocycles. The van der Waals surface area contributed by atoms with Gasteiger partial charge in [-0.2, -0.15) is 0 Å². The molecule has 0 aliphatic heterocycles. The van der Waals surface area contributed by atoms with E-state index in [4.69, 9.17) is 16.3 Å². The van der Waals surface area contributed by atoms with Crippen molar-refractivity contribution in [2.45, 2.75) is 31.7 Å². The van der Waals surface area contributed by atoms with Crippen LogP contribution in [-0.2, 0) is 20.7 Å². The number of fused-ring (bicyclic) bond motifs is 1. The first-order valence-electron chi connectivity index (χ1n) is 9.83. The van der Waals surface area contributed by atoms with Crippen molar-refractivity contribution in [1.82, 2.24) is 9.55 Å². The monoisotopic (exact) mass is 443 g/mol. The summed E-state index contributed by atoms with van der Waals surface area (Å²) in [4.78, 5) is 41.5. The molecule has 1 fully saturated rings. The fourth-order valence-corrected chi connectivity index (χ4v) is 3.50. The summed E-state index contributed by atoms with van der Waals surface area (Å²) in [6.45, 7) is -0.507. The highest BCUT2D eigenvalue weighted by atomic mass is 35.5. The molecule has 1 aliphatic carbocycles. The number of amides is 1. The molecule has 7 nitrogen and oxygen atoms in total. The summed E-state index contributed by atoms with van der Waals surface area (Å²) in [6.07, 6.45) is 2.01. The first-order valence-corrected chi connectivity index (χ1v) is 10.2. The Kier molecular flexibility index (Phi) is 5.99. The number of benzene rings is 2. The summed E-state index contributed by atoms with van der Waals surface area (Å²) in [5.74, 6) is -1.18. The lowest BCUT2D eigenvalue weighted by molar-refractivity contribution is -0.147. The summed E-state index contributed by atoms with van der Waals surface area (Å²) in [6, 6.07) is 10.8. The number of nitrogens with zero attached hydrogens (tertiary/aromatic N) is 2. The van der Waals surface area contributed by atoms with Crippen LogP contribution in [0.15, 0.2) is 47.3 Å². The van der Waals surface area contributed by atoms with Gasteiger partial charge in [0.1, 0.15) is 11.6 Å². The van der Waals surface area contributed by atoms with Gasteiger partial charge in [-0.25, -0.2) is 9.37 Å². The Morgan fingerprint density at radius 2 is 2.00 bits per heavy atom. The second kappa shape index (κ2) is 8.85. The maximum absolute atomic E-state index is 13.1. The molecule has 1 N–H and O–H groups in total. The van der Waals surface area contributed by atoms with Crippen LogP contribution in [0.4, 0.5) is 10.1 Å². The van der Waals surface area contributed by atoms with Crippen LogP contribution in [0, 0.1) is 5.82 Å². The van der Waals surface area contributed by atoms with Crippen molar-refractivity contribution in [3.05, 3.63) is 69.5 Å². The number of carbonyl (C=O) groups excluding carboxylic acids is 2. The standard InChI is InChI=1S/C22H19ClFN3O4/c23-16-11-13(24)5-8-18(16)26-20(28)12-31-21(29)10-9-19-25-17-4-2-1-3-15(17)22(30)27(19)14-6-7-14/h1-5,8,11,14H,6-7,9-10,12H2,(H,26,28). The van der Waals surface area contributed by atoms with Crippen molar-refractivity contribution in [3.8, 4) is 0 Å². The molecule has 0 atom stereocenters. The average Bonchev–Trinajstić information content (AvgIpc) is 3.58. The zero-order valence-corrected chi connectivity index (χ0v) is 17.2. The van der Waals surface area contributed by atoms with Crippen molar-refractivity contribution in [1.29, 1.82) is 0 Å². The van der Waals surface area contributed by atoms with Gasteiger partial charge in [-0.3, -0.25) is 19.0 Å². The van der Waals surface area contributed by atoms with Crippen molar-refractivity contribution < 1.29 is 18.7 Å². The molecule has 2 aromatic carbocycles. The number of esters is 1. The Bertz CT molecular complexity index is 1220. The molecule has 160 valence electrons. The third kappa shape index (κ3) is 4.91.